The molecule has 2 fully saturated rings. The molecule has 1 amide bonds. The fourth-order valence-corrected chi connectivity index (χ4v) is 4.77. The lowest BCUT2D eigenvalue weighted by Crippen LogP contribution is -2.52. The maximum Gasteiger partial charge on any atom is 0.334 e. The highest BCUT2D eigenvalue weighted by Crippen LogP contribution is 2.23. The number of sulfonamides is 1. The van der Waals surface area contributed by atoms with E-state index in [-0.39, 0.29) is 30.7 Å². The third-order valence-corrected chi connectivity index (χ3v) is 6.56. The molecule has 0 saturated carbocycles. The first kappa shape index (κ1) is 19.1. The molecule has 0 aliphatic carbocycles. The summed E-state index contributed by atoms with van der Waals surface area (Å²) >= 11 is 0. The highest BCUT2D eigenvalue weighted by atomic mass is 32.2. The van der Waals surface area contributed by atoms with Crippen LogP contribution in [-0.2, 0) is 24.3 Å². The summed E-state index contributed by atoms with van der Waals surface area (Å²) in [6.45, 7) is 3.32. The smallest absolute Gasteiger partial charge is 0.334 e. The zero-order chi connectivity index (χ0) is 17.7. The van der Waals surface area contributed by atoms with Crippen molar-refractivity contribution in [2.45, 2.75) is 38.7 Å². The first-order chi connectivity index (χ1) is 11.3. The number of hydrogen-bond donors (Lipinski definition) is 1. The molecule has 1 N–H and O–H groups in total. The van der Waals surface area contributed by atoms with Gasteiger partial charge in [0.1, 0.15) is 0 Å². The topological polar surface area (TPSA) is 104 Å². The Balaban J connectivity index is 1.87. The second-order valence-electron chi connectivity index (χ2n) is 6.32. The van der Waals surface area contributed by atoms with Crippen LogP contribution in [0, 0.1) is 5.92 Å². The minimum atomic E-state index is -3.23. The Bertz CT molecular complexity index is 556. The Morgan fingerprint density at radius 2 is 1.88 bits per heavy atom. The van der Waals surface area contributed by atoms with Crippen molar-refractivity contribution in [3.05, 3.63) is 0 Å². The van der Waals surface area contributed by atoms with Crippen molar-refractivity contribution >= 4 is 21.9 Å². The molecule has 1 unspecified atom stereocenters. The summed E-state index contributed by atoms with van der Waals surface area (Å²) in [5, 5.41) is 9.01. The fraction of sp³-hybridized carbons (Fsp3) is 0.867. The monoisotopic (exact) mass is 362 g/mol. The van der Waals surface area contributed by atoms with Crippen molar-refractivity contribution in [3.8, 4) is 0 Å². The molecule has 2 aliphatic rings. The lowest BCUT2D eigenvalue weighted by Gasteiger charge is -2.36. The van der Waals surface area contributed by atoms with Gasteiger partial charge >= 0.3 is 5.97 Å². The van der Waals surface area contributed by atoms with Gasteiger partial charge in [-0.1, -0.05) is 13.3 Å². The summed E-state index contributed by atoms with van der Waals surface area (Å²) in [7, 11) is -3.23. The number of carboxylic acid groups (broad SMARTS) is 1. The van der Waals surface area contributed by atoms with Crippen LogP contribution in [0.2, 0.25) is 0 Å². The number of piperidine rings is 1. The van der Waals surface area contributed by atoms with Crippen molar-refractivity contribution in [1.82, 2.24) is 9.21 Å². The number of carbonyl (C=O) groups excluding carboxylic acids is 1. The number of unbranched alkanes of at least 4 members (excludes halogenated alkanes) is 1. The zero-order valence-electron chi connectivity index (χ0n) is 14.0. The molecule has 8 nitrogen and oxygen atoms in total. The lowest BCUT2D eigenvalue weighted by molar-refractivity contribution is -0.160. The zero-order valence-corrected chi connectivity index (χ0v) is 14.8. The van der Waals surface area contributed by atoms with Crippen molar-refractivity contribution in [2.24, 2.45) is 5.92 Å². The van der Waals surface area contributed by atoms with E-state index < -0.39 is 22.1 Å². The van der Waals surface area contributed by atoms with E-state index in [1.165, 1.54) is 9.21 Å². The van der Waals surface area contributed by atoms with Crippen LogP contribution < -0.4 is 0 Å². The maximum atomic E-state index is 12.6. The number of nitrogens with zero attached hydrogens (tertiary/aromatic N) is 2. The Morgan fingerprint density at radius 3 is 2.46 bits per heavy atom. The number of rotatable bonds is 6. The van der Waals surface area contributed by atoms with Crippen LogP contribution in [0.5, 0.6) is 0 Å². The van der Waals surface area contributed by atoms with E-state index in [9.17, 15) is 18.0 Å². The molecule has 2 rings (SSSR count). The van der Waals surface area contributed by atoms with Gasteiger partial charge in [0, 0.05) is 25.6 Å². The minimum absolute atomic E-state index is 0.0587. The summed E-state index contributed by atoms with van der Waals surface area (Å²) in [5.41, 5.74) is 0. The van der Waals surface area contributed by atoms with Crippen LogP contribution in [0.4, 0.5) is 0 Å². The second kappa shape index (κ2) is 8.26. The molecule has 9 heteroatoms. The second-order valence-corrected chi connectivity index (χ2v) is 8.41. The SMILES string of the molecule is CCCCS(=O)(=O)N1CCC(C(=O)N2CCOC(C(=O)O)C2)CC1. The van der Waals surface area contributed by atoms with E-state index in [4.69, 9.17) is 9.84 Å². The fourth-order valence-electron chi connectivity index (χ4n) is 3.09. The third kappa shape index (κ3) is 4.67. The number of aliphatic carboxylic acids is 1. The van der Waals surface area contributed by atoms with Gasteiger partial charge in [-0.05, 0) is 19.3 Å². The van der Waals surface area contributed by atoms with Gasteiger partial charge in [-0.15, -0.1) is 0 Å². The first-order valence-corrected chi connectivity index (χ1v) is 10.1. The standard InChI is InChI=1S/C15H26N2O6S/c1-2-3-10-24(21,22)17-6-4-12(5-7-17)14(18)16-8-9-23-13(11-16)15(19)20/h12-13H,2-11H2,1H3,(H,19,20). The van der Waals surface area contributed by atoms with E-state index in [1.54, 1.807) is 0 Å². The minimum Gasteiger partial charge on any atom is -0.479 e. The van der Waals surface area contributed by atoms with E-state index in [2.05, 4.69) is 0 Å². The van der Waals surface area contributed by atoms with Gasteiger partial charge in [0.15, 0.2) is 6.10 Å². The molecule has 0 spiro atoms. The highest BCUT2D eigenvalue weighted by molar-refractivity contribution is 7.89. The first-order valence-electron chi connectivity index (χ1n) is 8.46. The van der Waals surface area contributed by atoms with Crippen molar-refractivity contribution in [2.75, 3.05) is 38.5 Å². The molecule has 1 atom stereocenters. The largest absolute Gasteiger partial charge is 0.479 e. The number of carbonyl (C=O) groups is 2. The average Bonchev–Trinajstić information content (AvgIpc) is 2.59. The molecule has 0 bridgehead atoms. The number of hydrogen-bond acceptors (Lipinski definition) is 5. The Morgan fingerprint density at radius 1 is 1.21 bits per heavy atom. The van der Waals surface area contributed by atoms with Crippen molar-refractivity contribution < 1.29 is 27.9 Å². The summed E-state index contributed by atoms with van der Waals surface area (Å²) in [6, 6.07) is 0. The predicted molar refractivity (Wildman–Crippen MR) is 86.9 cm³/mol. The summed E-state index contributed by atoms with van der Waals surface area (Å²) in [6.07, 6.45) is 1.47. The van der Waals surface area contributed by atoms with E-state index in [0.29, 0.717) is 38.9 Å². The molecule has 0 aromatic carbocycles. The molecule has 24 heavy (non-hydrogen) atoms. The van der Waals surface area contributed by atoms with Gasteiger partial charge in [-0.3, -0.25) is 4.79 Å². The quantitative estimate of drug-likeness (QED) is 0.721. The molecule has 2 saturated heterocycles. The number of ether oxygens (including phenoxy) is 1. The molecular weight excluding hydrogens is 336 g/mol. The van der Waals surface area contributed by atoms with E-state index in [1.807, 2.05) is 6.92 Å². The van der Waals surface area contributed by atoms with Gasteiger partial charge in [0.2, 0.25) is 15.9 Å². The van der Waals surface area contributed by atoms with Gasteiger partial charge in [-0.2, -0.15) is 0 Å². The number of amides is 1. The van der Waals surface area contributed by atoms with Crippen LogP contribution in [0.15, 0.2) is 0 Å². The van der Waals surface area contributed by atoms with Crippen molar-refractivity contribution in [3.63, 3.8) is 0 Å². The number of morpholine rings is 1. The molecule has 0 radical (unpaired) electrons. The van der Waals surface area contributed by atoms with E-state index in [0.717, 1.165) is 6.42 Å². The highest BCUT2D eigenvalue weighted by Gasteiger charge is 2.35. The molecular formula is C15H26N2O6S. The van der Waals surface area contributed by atoms with Gasteiger partial charge < -0.3 is 14.7 Å². The van der Waals surface area contributed by atoms with E-state index >= 15 is 0 Å². The molecule has 2 aliphatic heterocycles. The van der Waals surface area contributed by atoms with Gasteiger partial charge in [-0.25, -0.2) is 17.5 Å². The normalized spacial score (nSPS) is 24.0. The molecule has 2 heterocycles. The lowest BCUT2D eigenvalue weighted by atomic mass is 9.96. The third-order valence-electron chi connectivity index (χ3n) is 4.61. The average molecular weight is 362 g/mol. The van der Waals surface area contributed by atoms with Crippen LogP contribution >= 0.6 is 0 Å². The van der Waals surface area contributed by atoms with Crippen LogP contribution in [0.25, 0.3) is 0 Å². The van der Waals surface area contributed by atoms with Gasteiger partial charge in [0.25, 0.3) is 0 Å². The van der Waals surface area contributed by atoms with Gasteiger partial charge in [0.05, 0.1) is 18.9 Å². The molecule has 0 aromatic rings. The summed E-state index contributed by atoms with van der Waals surface area (Å²) in [5.74, 6) is -1.24. The number of carboxylic acids is 1. The van der Waals surface area contributed by atoms with Crippen LogP contribution in [-0.4, -0.2) is 79.2 Å². The van der Waals surface area contributed by atoms with Crippen molar-refractivity contribution in [1.29, 1.82) is 0 Å². The molecule has 138 valence electrons. The summed E-state index contributed by atoms with van der Waals surface area (Å²) < 4.78 is 31.0. The predicted octanol–water partition coefficient (Wildman–Crippen LogP) is 0.140. The Hall–Kier alpha value is -1.19. The van der Waals surface area contributed by atoms with Crippen LogP contribution in [0.1, 0.15) is 32.6 Å². The Kier molecular flexibility index (Phi) is 6.59. The molecule has 0 aromatic heterocycles. The maximum absolute atomic E-state index is 12.6. The van der Waals surface area contributed by atoms with Crippen LogP contribution in [0.3, 0.4) is 0 Å². The Labute approximate surface area is 142 Å². The summed E-state index contributed by atoms with van der Waals surface area (Å²) in [4.78, 5) is 25.1.